The summed E-state index contributed by atoms with van der Waals surface area (Å²) in [4.78, 5) is 28.7. The monoisotopic (exact) mass is 321 g/mol. The number of carbonyl (C=O) groups excluding carboxylic acids is 2. The predicted molar refractivity (Wildman–Crippen MR) is 86.1 cm³/mol. The summed E-state index contributed by atoms with van der Waals surface area (Å²) in [5, 5.41) is 2.62. The van der Waals surface area contributed by atoms with Crippen LogP contribution < -0.4 is 5.32 Å². The predicted octanol–water partition coefficient (Wildman–Crippen LogP) is 2.53. The lowest BCUT2D eigenvalue weighted by Gasteiger charge is -2.41. The Labute approximate surface area is 136 Å². The Morgan fingerprint density at radius 2 is 1.78 bits per heavy atom. The summed E-state index contributed by atoms with van der Waals surface area (Å²) in [6.45, 7) is 7.65. The third-order valence-corrected chi connectivity index (χ3v) is 4.44. The van der Waals surface area contributed by atoms with E-state index < -0.39 is 11.7 Å². The Hall–Kier alpha value is -2.11. The second-order valence-electron chi connectivity index (χ2n) is 7.16. The molecule has 0 bridgehead atoms. The van der Waals surface area contributed by atoms with Crippen molar-refractivity contribution in [3.8, 4) is 0 Å². The minimum absolute atomic E-state index is 0.187. The van der Waals surface area contributed by atoms with Gasteiger partial charge in [0.2, 0.25) is 0 Å². The highest BCUT2D eigenvalue weighted by molar-refractivity contribution is 5.95. The smallest absolute Gasteiger partial charge is 0.319 e. The van der Waals surface area contributed by atoms with Gasteiger partial charge in [0.15, 0.2) is 0 Å². The van der Waals surface area contributed by atoms with E-state index in [9.17, 15) is 14.0 Å². The topological polar surface area (TPSA) is 52.7 Å². The molecule has 126 valence electrons. The van der Waals surface area contributed by atoms with Crippen LogP contribution in [-0.2, 0) is 10.3 Å². The highest BCUT2D eigenvalue weighted by Crippen LogP contribution is 2.44. The molecule has 1 saturated heterocycles. The van der Waals surface area contributed by atoms with E-state index in [0.29, 0.717) is 5.56 Å². The van der Waals surface area contributed by atoms with E-state index in [-0.39, 0.29) is 23.2 Å². The van der Waals surface area contributed by atoms with Crippen molar-refractivity contribution in [2.45, 2.75) is 39.4 Å². The third-order valence-electron chi connectivity index (χ3n) is 4.44. The van der Waals surface area contributed by atoms with Gasteiger partial charge in [0, 0.05) is 19.5 Å². The van der Waals surface area contributed by atoms with Crippen LogP contribution in [0.1, 0.15) is 33.3 Å². The number of likely N-dealkylation sites (N-methyl/N-ethyl adjacent to an activating group) is 1. The van der Waals surface area contributed by atoms with Crippen LogP contribution in [0.4, 0.5) is 9.18 Å². The molecule has 1 N–H and O–H groups in total. The van der Waals surface area contributed by atoms with E-state index in [1.54, 1.807) is 35.9 Å². The van der Waals surface area contributed by atoms with Crippen LogP contribution >= 0.6 is 0 Å². The molecule has 0 aromatic heterocycles. The molecule has 3 amide bonds. The lowest BCUT2D eigenvalue weighted by atomic mass is 9.87. The molecule has 5 nitrogen and oxygen atoms in total. The summed E-state index contributed by atoms with van der Waals surface area (Å²) >= 11 is 0. The van der Waals surface area contributed by atoms with Crippen LogP contribution in [0, 0.1) is 11.2 Å². The van der Waals surface area contributed by atoms with E-state index >= 15 is 0 Å². The zero-order valence-electron chi connectivity index (χ0n) is 14.5. The summed E-state index contributed by atoms with van der Waals surface area (Å²) < 4.78 is 13.3. The molecule has 1 fully saturated rings. The van der Waals surface area contributed by atoms with Crippen molar-refractivity contribution in [1.29, 1.82) is 0 Å². The largest absolute Gasteiger partial charge is 0.341 e. The summed E-state index contributed by atoms with van der Waals surface area (Å²) in [5.41, 5.74) is -0.930. The number of benzene rings is 1. The fourth-order valence-corrected chi connectivity index (χ4v) is 3.42. The van der Waals surface area contributed by atoms with Crippen LogP contribution in [0.25, 0.3) is 0 Å². The molecule has 2 unspecified atom stereocenters. The second kappa shape index (κ2) is 5.51. The van der Waals surface area contributed by atoms with Crippen LogP contribution in [0.2, 0.25) is 0 Å². The van der Waals surface area contributed by atoms with Gasteiger partial charge >= 0.3 is 6.03 Å². The van der Waals surface area contributed by atoms with Gasteiger partial charge < -0.3 is 10.2 Å². The number of nitrogens with one attached hydrogen (secondary N) is 1. The lowest BCUT2D eigenvalue weighted by Crippen LogP contribution is -2.56. The van der Waals surface area contributed by atoms with Crippen LogP contribution in [-0.4, -0.2) is 42.0 Å². The number of urea groups is 1. The van der Waals surface area contributed by atoms with Crippen LogP contribution in [0.3, 0.4) is 0 Å². The standard InChI is InChI=1S/C17H24FN3O2/c1-16(2,3)13-20(6)14(22)17(4,21(13)15(23)19-5)11-7-9-12(18)10-8-11/h7-10,13H,1-6H3,(H,19,23). The Morgan fingerprint density at radius 1 is 1.26 bits per heavy atom. The Balaban J connectivity index is 2.66. The van der Waals surface area contributed by atoms with Gasteiger partial charge in [0.05, 0.1) is 0 Å². The van der Waals surface area contributed by atoms with Crippen molar-refractivity contribution >= 4 is 11.9 Å². The maximum absolute atomic E-state index is 13.3. The average Bonchev–Trinajstić information content (AvgIpc) is 2.69. The van der Waals surface area contributed by atoms with Crippen molar-refractivity contribution in [2.75, 3.05) is 14.1 Å². The molecule has 1 aliphatic rings. The van der Waals surface area contributed by atoms with Crippen molar-refractivity contribution in [1.82, 2.24) is 15.1 Å². The molecular weight excluding hydrogens is 297 g/mol. The fraction of sp³-hybridized carbons (Fsp3) is 0.529. The highest BCUT2D eigenvalue weighted by Gasteiger charge is 2.59. The molecular formula is C17H24FN3O2. The maximum Gasteiger partial charge on any atom is 0.319 e. The first-order valence-electron chi connectivity index (χ1n) is 7.59. The van der Waals surface area contributed by atoms with Gasteiger partial charge in [-0.15, -0.1) is 0 Å². The number of hydrogen-bond donors (Lipinski definition) is 1. The molecule has 0 saturated carbocycles. The number of amides is 3. The van der Waals surface area contributed by atoms with Crippen molar-refractivity contribution < 1.29 is 14.0 Å². The molecule has 2 rings (SSSR count). The molecule has 1 heterocycles. The van der Waals surface area contributed by atoms with E-state index in [4.69, 9.17) is 0 Å². The van der Waals surface area contributed by atoms with Crippen LogP contribution in [0.5, 0.6) is 0 Å². The van der Waals surface area contributed by atoms with Gasteiger partial charge in [-0.3, -0.25) is 9.69 Å². The first-order valence-corrected chi connectivity index (χ1v) is 7.59. The zero-order valence-corrected chi connectivity index (χ0v) is 14.5. The fourth-order valence-electron chi connectivity index (χ4n) is 3.42. The number of nitrogens with zero attached hydrogens (tertiary/aromatic N) is 2. The molecule has 1 aromatic carbocycles. The quantitative estimate of drug-likeness (QED) is 0.864. The maximum atomic E-state index is 13.3. The Kier molecular flexibility index (Phi) is 4.13. The van der Waals surface area contributed by atoms with Gasteiger partial charge in [-0.05, 0) is 24.6 Å². The van der Waals surface area contributed by atoms with Gasteiger partial charge in [0.25, 0.3) is 5.91 Å². The zero-order chi connectivity index (χ0) is 17.6. The molecule has 1 aliphatic heterocycles. The highest BCUT2D eigenvalue weighted by atomic mass is 19.1. The summed E-state index contributed by atoms with van der Waals surface area (Å²) in [6, 6.07) is 5.39. The van der Waals surface area contributed by atoms with Gasteiger partial charge in [-0.2, -0.15) is 0 Å². The SMILES string of the molecule is CNC(=O)N1C(C(C)(C)C)N(C)C(=O)C1(C)c1ccc(F)cc1. The van der Waals surface area contributed by atoms with Gasteiger partial charge in [0.1, 0.15) is 17.5 Å². The normalized spacial score (nSPS) is 25.0. The molecule has 1 aromatic rings. The Bertz CT molecular complexity index is 624. The number of hydrogen-bond acceptors (Lipinski definition) is 2. The molecule has 0 aliphatic carbocycles. The lowest BCUT2D eigenvalue weighted by molar-refractivity contribution is -0.133. The molecule has 6 heteroatoms. The van der Waals surface area contributed by atoms with E-state index in [1.165, 1.54) is 19.2 Å². The first-order chi connectivity index (χ1) is 10.5. The van der Waals surface area contributed by atoms with Crippen LogP contribution in [0.15, 0.2) is 24.3 Å². The first kappa shape index (κ1) is 17.2. The molecule has 0 radical (unpaired) electrons. The Morgan fingerprint density at radius 3 is 2.22 bits per heavy atom. The third kappa shape index (κ3) is 2.56. The van der Waals surface area contributed by atoms with Crippen molar-refractivity contribution in [2.24, 2.45) is 5.41 Å². The summed E-state index contributed by atoms with van der Waals surface area (Å²) in [6.07, 6.45) is -0.412. The minimum Gasteiger partial charge on any atom is -0.341 e. The number of rotatable bonds is 1. The molecule has 0 spiro atoms. The number of carbonyl (C=O) groups is 2. The number of halogens is 1. The average molecular weight is 321 g/mol. The summed E-state index contributed by atoms with van der Waals surface area (Å²) in [5.74, 6) is -0.567. The summed E-state index contributed by atoms with van der Waals surface area (Å²) in [7, 11) is 3.24. The van der Waals surface area contributed by atoms with E-state index in [1.807, 2.05) is 20.8 Å². The van der Waals surface area contributed by atoms with E-state index in [2.05, 4.69) is 5.32 Å². The van der Waals surface area contributed by atoms with E-state index in [0.717, 1.165) is 0 Å². The van der Waals surface area contributed by atoms with Crippen molar-refractivity contribution in [3.63, 3.8) is 0 Å². The van der Waals surface area contributed by atoms with Crippen molar-refractivity contribution in [3.05, 3.63) is 35.6 Å². The van der Waals surface area contributed by atoms with Gasteiger partial charge in [-0.25, -0.2) is 9.18 Å². The van der Waals surface area contributed by atoms with Gasteiger partial charge in [-0.1, -0.05) is 32.9 Å². The second-order valence-corrected chi connectivity index (χ2v) is 7.16. The molecule has 2 atom stereocenters. The minimum atomic E-state index is -1.18. The molecule has 23 heavy (non-hydrogen) atoms.